The molecule has 15 heavy (non-hydrogen) atoms. The van der Waals surface area contributed by atoms with E-state index in [1.54, 1.807) is 7.11 Å². The van der Waals surface area contributed by atoms with Crippen molar-refractivity contribution in [3.05, 3.63) is 29.8 Å². The van der Waals surface area contributed by atoms with Crippen molar-refractivity contribution in [1.82, 2.24) is 0 Å². The van der Waals surface area contributed by atoms with E-state index >= 15 is 0 Å². The molecule has 1 atom stereocenters. The molecule has 1 aromatic carbocycles. The molecule has 0 fully saturated rings. The van der Waals surface area contributed by atoms with E-state index in [0.717, 1.165) is 17.7 Å². The highest BCUT2D eigenvalue weighted by Crippen LogP contribution is 2.13. The maximum Gasteiger partial charge on any atom is 0.0871 e. The van der Waals surface area contributed by atoms with Gasteiger partial charge in [-0.25, -0.2) is 0 Å². The van der Waals surface area contributed by atoms with Gasteiger partial charge in [-0.2, -0.15) is 0 Å². The van der Waals surface area contributed by atoms with Crippen LogP contribution in [0.15, 0.2) is 24.3 Å². The lowest BCUT2D eigenvalue weighted by Crippen LogP contribution is -2.15. The molecule has 0 spiro atoms. The van der Waals surface area contributed by atoms with E-state index in [-0.39, 0.29) is 6.04 Å². The molecule has 0 radical (unpaired) electrons. The van der Waals surface area contributed by atoms with E-state index in [2.05, 4.69) is 24.2 Å². The third-order valence-corrected chi connectivity index (χ3v) is 2.19. The van der Waals surface area contributed by atoms with Gasteiger partial charge in [-0.15, -0.1) is 6.42 Å². The topological polar surface area (TPSA) is 21.3 Å². The van der Waals surface area contributed by atoms with Crippen molar-refractivity contribution in [3.63, 3.8) is 0 Å². The zero-order valence-corrected chi connectivity index (χ0v) is 9.29. The van der Waals surface area contributed by atoms with Gasteiger partial charge >= 0.3 is 0 Å². The van der Waals surface area contributed by atoms with Crippen LogP contribution in [0.5, 0.6) is 0 Å². The summed E-state index contributed by atoms with van der Waals surface area (Å²) in [6.45, 7) is 2.69. The number of rotatable bonds is 5. The van der Waals surface area contributed by atoms with Crippen molar-refractivity contribution >= 4 is 5.69 Å². The third kappa shape index (κ3) is 3.65. The van der Waals surface area contributed by atoms with E-state index in [0.29, 0.717) is 6.61 Å². The quantitative estimate of drug-likeness (QED) is 0.743. The Labute approximate surface area is 91.6 Å². The first kappa shape index (κ1) is 11.6. The van der Waals surface area contributed by atoms with Gasteiger partial charge in [0.25, 0.3) is 0 Å². The molecular weight excluding hydrogens is 186 g/mol. The van der Waals surface area contributed by atoms with Gasteiger partial charge in [-0.05, 0) is 24.1 Å². The molecule has 0 saturated carbocycles. The fraction of sp³-hybridized carbons (Fsp3) is 0.385. The molecule has 2 nitrogen and oxygen atoms in total. The van der Waals surface area contributed by atoms with Gasteiger partial charge < -0.3 is 10.1 Å². The lowest BCUT2D eigenvalue weighted by Gasteiger charge is -2.12. The number of methoxy groups -OCH3 is 1. The standard InChI is InChI=1S/C13H17NO/c1-4-12(5-2)14-13-8-6-7-11(9-13)10-15-3/h1,6-9,12,14H,5,10H2,2-3H3. The minimum atomic E-state index is 0.0998. The average Bonchev–Trinajstić information content (AvgIpc) is 2.27. The molecule has 0 amide bonds. The Morgan fingerprint density at radius 2 is 2.33 bits per heavy atom. The summed E-state index contributed by atoms with van der Waals surface area (Å²) in [6.07, 6.45) is 6.31. The van der Waals surface area contributed by atoms with E-state index in [1.807, 2.05) is 18.2 Å². The predicted octanol–water partition coefficient (Wildman–Crippen LogP) is 2.66. The molecule has 1 unspecified atom stereocenters. The summed E-state index contributed by atoms with van der Waals surface area (Å²) in [6, 6.07) is 8.21. The predicted molar refractivity (Wildman–Crippen MR) is 63.7 cm³/mol. The van der Waals surface area contributed by atoms with E-state index in [1.165, 1.54) is 0 Å². The molecule has 0 aliphatic heterocycles. The molecule has 1 rings (SSSR count). The minimum Gasteiger partial charge on any atom is -0.380 e. The van der Waals surface area contributed by atoms with Crippen LogP contribution in [-0.2, 0) is 11.3 Å². The molecule has 0 aliphatic rings. The summed E-state index contributed by atoms with van der Waals surface area (Å²) < 4.78 is 5.07. The van der Waals surface area contributed by atoms with Gasteiger partial charge in [0, 0.05) is 12.8 Å². The largest absolute Gasteiger partial charge is 0.380 e. The lowest BCUT2D eigenvalue weighted by molar-refractivity contribution is 0.185. The van der Waals surface area contributed by atoms with Crippen LogP contribution in [0.2, 0.25) is 0 Å². The van der Waals surface area contributed by atoms with Crippen molar-refractivity contribution in [1.29, 1.82) is 0 Å². The first-order valence-electron chi connectivity index (χ1n) is 5.10. The van der Waals surface area contributed by atoms with Crippen LogP contribution >= 0.6 is 0 Å². The number of nitrogens with one attached hydrogen (secondary N) is 1. The van der Waals surface area contributed by atoms with Gasteiger partial charge in [-0.1, -0.05) is 25.0 Å². The maximum atomic E-state index is 5.39. The van der Waals surface area contributed by atoms with Crippen LogP contribution in [0.4, 0.5) is 5.69 Å². The van der Waals surface area contributed by atoms with Crippen LogP contribution in [-0.4, -0.2) is 13.2 Å². The summed E-state index contributed by atoms with van der Waals surface area (Å²) in [5, 5.41) is 3.29. The number of benzene rings is 1. The first-order valence-corrected chi connectivity index (χ1v) is 5.10. The Bertz CT molecular complexity index is 341. The summed E-state index contributed by atoms with van der Waals surface area (Å²) in [4.78, 5) is 0. The van der Waals surface area contributed by atoms with Crippen LogP contribution in [0, 0.1) is 12.3 Å². The van der Waals surface area contributed by atoms with Crippen LogP contribution in [0.1, 0.15) is 18.9 Å². The number of hydrogen-bond acceptors (Lipinski definition) is 2. The third-order valence-electron chi connectivity index (χ3n) is 2.19. The zero-order valence-electron chi connectivity index (χ0n) is 9.29. The number of anilines is 1. The number of ether oxygens (including phenoxy) is 1. The number of hydrogen-bond donors (Lipinski definition) is 1. The Morgan fingerprint density at radius 3 is 2.93 bits per heavy atom. The van der Waals surface area contributed by atoms with Crippen molar-refractivity contribution in [2.75, 3.05) is 12.4 Å². The summed E-state index contributed by atoms with van der Waals surface area (Å²) in [5.74, 6) is 2.71. The van der Waals surface area contributed by atoms with Crippen molar-refractivity contribution < 1.29 is 4.74 Å². The van der Waals surface area contributed by atoms with E-state index < -0.39 is 0 Å². The molecule has 0 aromatic heterocycles. The highest BCUT2D eigenvalue weighted by molar-refractivity contribution is 5.47. The molecule has 0 heterocycles. The minimum absolute atomic E-state index is 0.0998. The lowest BCUT2D eigenvalue weighted by atomic mass is 10.2. The van der Waals surface area contributed by atoms with E-state index in [9.17, 15) is 0 Å². The van der Waals surface area contributed by atoms with Crippen molar-refractivity contribution in [3.8, 4) is 12.3 Å². The number of terminal acetylenes is 1. The van der Waals surface area contributed by atoms with Crippen molar-refractivity contribution in [2.24, 2.45) is 0 Å². The fourth-order valence-electron chi connectivity index (χ4n) is 1.38. The second kappa shape index (κ2) is 6.10. The van der Waals surface area contributed by atoms with Gasteiger partial charge in [0.05, 0.1) is 12.6 Å². The maximum absolute atomic E-state index is 5.39. The van der Waals surface area contributed by atoms with Crippen molar-refractivity contribution in [2.45, 2.75) is 26.0 Å². The van der Waals surface area contributed by atoms with Gasteiger partial charge in [0.1, 0.15) is 0 Å². The molecular formula is C13H17NO. The van der Waals surface area contributed by atoms with Gasteiger partial charge in [0.2, 0.25) is 0 Å². The second-order valence-electron chi connectivity index (χ2n) is 3.41. The van der Waals surface area contributed by atoms with Gasteiger partial charge in [0.15, 0.2) is 0 Å². The highest BCUT2D eigenvalue weighted by atomic mass is 16.5. The van der Waals surface area contributed by atoms with E-state index in [4.69, 9.17) is 11.2 Å². The molecule has 0 aliphatic carbocycles. The van der Waals surface area contributed by atoms with Crippen LogP contribution in [0.3, 0.4) is 0 Å². The first-order chi connectivity index (χ1) is 7.30. The molecule has 0 saturated heterocycles. The molecule has 80 valence electrons. The Balaban J connectivity index is 2.69. The molecule has 2 heteroatoms. The average molecular weight is 203 g/mol. The van der Waals surface area contributed by atoms with Gasteiger partial charge in [-0.3, -0.25) is 0 Å². The smallest absolute Gasteiger partial charge is 0.0871 e. The summed E-state index contributed by atoms with van der Waals surface area (Å²) >= 11 is 0. The Hall–Kier alpha value is -1.46. The monoisotopic (exact) mass is 203 g/mol. The Kier molecular flexibility index (Phi) is 4.73. The zero-order chi connectivity index (χ0) is 11.1. The molecule has 1 N–H and O–H groups in total. The highest BCUT2D eigenvalue weighted by Gasteiger charge is 2.01. The van der Waals surface area contributed by atoms with Crippen LogP contribution < -0.4 is 5.32 Å². The fourth-order valence-corrected chi connectivity index (χ4v) is 1.38. The SMILES string of the molecule is C#CC(CC)Nc1cccc(COC)c1. The Morgan fingerprint density at radius 1 is 1.53 bits per heavy atom. The molecule has 0 bridgehead atoms. The second-order valence-corrected chi connectivity index (χ2v) is 3.41. The normalized spacial score (nSPS) is 11.8. The summed E-state index contributed by atoms with van der Waals surface area (Å²) in [5.41, 5.74) is 2.20. The summed E-state index contributed by atoms with van der Waals surface area (Å²) in [7, 11) is 1.69. The molecule has 1 aromatic rings. The van der Waals surface area contributed by atoms with Crippen LogP contribution in [0.25, 0.3) is 0 Å².